The number of carboxylic acids is 1. The molecule has 1 saturated heterocycles. The molecule has 0 bridgehead atoms. The molecule has 6 nitrogen and oxygen atoms in total. The summed E-state index contributed by atoms with van der Waals surface area (Å²) in [5, 5.41) is 11.1. The number of benzene rings is 1. The SMILES string of the molecule is C[C@@H](NC(=O)c1ccc(CN2CCCC2=O)cc1)C(=O)O. The minimum atomic E-state index is -1.08. The van der Waals surface area contributed by atoms with Gasteiger partial charge in [-0.3, -0.25) is 14.4 Å². The van der Waals surface area contributed by atoms with Gasteiger partial charge in [0.1, 0.15) is 6.04 Å². The van der Waals surface area contributed by atoms with Crippen LogP contribution in [0.1, 0.15) is 35.7 Å². The number of likely N-dealkylation sites (tertiary alicyclic amines) is 1. The predicted octanol–water partition coefficient (Wildman–Crippen LogP) is 1.01. The number of rotatable bonds is 5. The molecule has 2 rings (SSSR count). The van der Waals surface area contributed by atoms with Crippen molar-refractivity contribution in [2.45, 2.75) is 32.4 Å². The van der Waals surface area contributed by atoms with E-state index in [1.807, 2.05) is 0 Å². The third-order valence-corrected chi connectivity index (χ3v) is 3.48. The van der Waals surface area contributed by atoms with Crippen LogP contribution in [0.2, 0.25) is 0 Å². The summed E-state index contributed by atoms with van der Waals surface area (Å²) in [6.07, 6.45) is 1.50. The molecule has 1 fully saturated rings. The average Bonchev–Trinajstić information content (AvgIpc) is 2.85. The van der Waals surface area contributed by atoms with Gasteiger partial charge < -0.3 is 15.3 Å². The molecule has 0 aliphatic carbocycles. The van der Waals surface area contributed by atoms with Crippen molar-refractivity contribution >= 4 is 17.8 Å². The zero-order valence-electron chi connectivity index (χ0n) is 11.8. The van der Waals surface area contributed by atoms with Gasteiger partial charge in [0.2, 0.25) is 5.91 Å². The molecular formula is C15H18N2O4. The first-order valence-corrected chi connectivity index (χ1v) is 6.88. The van der Waals surface area contributed by atoms with E-state index in [4.69, 9.17) is 5.11 Å². The van der Waals surface area contributed by atoms with E-state index >= 15 is 0 Å². The fraction of sp³-hybridized carbons (Fsp3) is 0.400. The van der Waals surface area contributed by atoms with Crippen LogP contribution < -0.4 is 5.32 Å². The lowest BCUT2D eigenvalue weighted by molar-refractivity contribution is -0.138. The predicted molar refractivity (Wildman–Crippen MR) is 75.7 cm³/mol. The first-order chi connectivity index (χ1) is 9.97. The number of hydrogen-bond donors (Lipinski definition) is 2. The topological polar surface area (TPSA) is 86.7 Å². The molecule has 0 saturated carbocycles. The van der Waals surface area contributed by atoms with Gasteiger partial charge in [-0.1, -0.05) is 12.1 Å². The average molecular weight is 290 g/mol. The van der Waals surface area contributed by atoms with Crippen LogP contribution in [0.15, 0.2) is 24.3 Å². The third kappa shape index (κ3) is 3.81. The van der Waals surface area contributed by atoms with Gasteiger partial charge in [0, 0.05) is 25.1 Å². The molecule has 0 unspecified atom stereocenters. The van der Waals surface area contributed by atoms with E-state index in [1.54, 1.807) is 29.2 Å². The molecule has 112 valence electrons. The largest absolute Gasteiger partial charge is 0.480 e. The van der Waals surface area contributed by atoms with E-state index in [2.05, 4.69) is 5.32 Å². The molecule has 2 amide bonds. The van der Waals surface area contributed by atoms with Crippen molar-refractivity contribution in [1.82, 2.24) is 10.2 Å². The summed E-state index contributed by atoms with van der Waals surface area (Å²) in [5.74, 6) is -1.34. The van der Waals surface area contributed by atoms with Crippen molar-refractivity contribution < 1.29 is 19.5 Å². The molecule has 21 heavy (non-hydrogen) atoms. The second-order valence-corrected chi connectivity index (χ2v) is 5.15. The molecule has 2 N–H and O–H groups in total. The van der Waals surface area contributed by atoms with Crippen molar-refractivity contribution in [3.8, 4) is 0 Å². The molecule has 1 atom stereocenters. The van der Waals surface area contributed by atoms with E-state index in [0.29, 0.717) is 18.5 Å². The minimum Gasteiger partial charge on any atom is -0.480 e. The molecule has 0 aromatic heterocycles. The van der Waals surface area contributed by atoms with Crippen LogP contribution in [0, 0.1) is 0 Å². The Kier molecular flexibility index (Phi) is 4.57. The van der Waals surface area contributed by atoms with Gasteiger partial charge in [0.15, 0.2) is 0 Å². The number of carbonyl (C=O) groups is 3. The highest BCUT2D eigenvalue weighted by Gasteiger charge is 2.20. The van der Waals surface area contributed by atoms with Gasteiger partial charge in [-0.05, 0) is 31.0 Å². The van der Waals surface area contributed by atoms with Crippen LogP contribution in [-0.4, -0.2) is 40.4 Å². The molecule has 1 aromatic rings. The summed E-state index contributed by atoms with van der Waals surface area (Å²) >= 11 is 0. The quantitative estimate of drug-likeness (QED) is 0.847. The van der Waals surface area contributed by atoms with E-state index < -0.39 is 17.9 Å². The van der Waals surface area contributed by atoms with E-state index in [1.165, 1.54) is 6.92 Å². The maximum Gasteiger partial charge on any atom is 0.325 e. The molecule has 0 radical (unpaired) electrons. The number of nitrogens with zero attached hydrogens (tertiary/aromatic N) is 1. The van der Waals surface area contributed by atoms with Crippen LogP contribution in [0.5, 0.6) is 0 Å². The minimum absolute atomic E-state index is 0.159. The maximum atomic E-state index is 11.8. The van der Waals surface area contributed by atoms with E-state index in [-0.39, 0.29) is 5.91 Å². The van der Waals surface area contributed by atoms with Crippen molar-refractivity contribution in [2.75, 3.05) is 6.54 Å². The lowest BCUT2D eigenvalue weighted by atomic mass is 10.1. The molecule has 1 aliphatic heterocycles. The Morgan fingerprint density at radius 3 is 2.52 bits per heavy atom. The van der Waals surface area contributed by atoms with Crippen molar-refractivity contribution in [1.29, 1.82) is 0 Å². The molecule has 0 spiro atoms. The first-order valence-electron chi connectivity index (χ1n) is 6.88. The van der Waals surface area contributed by atoms with Crippen molar-refractivity contribution in [3.63, 3.8) is 0 Å². The smallest absolute Gasteiger partial charge is 0.325 e. The summed E-state index contributed by atoms with van der Waals surface area (Å²) in [4.78, 5) is 35.9. The van der Waals surface area contributed by atoms with Crippen molar-refractivity contribution in [2.24, 2.45) is 0 Å². The Balaban J connectivity index is 1.96. The Labute approximate surface area is 122 Å². The molecular weight excluding hydrogens is 272 g/mol. The van der Waals surface area contributed by atoms with Crippen LogP contribution in [-0.2, 0) is 16.1 Å². The third-order valence-electron chi connectivity index (χ3n) is 3.48. The lowest BCUT2D eigenvalue weighted by Gasteiger charge is -2.15. The molecule has 1 heterocycles. The van der Waals surface area contributed by atoms with Gasteiger partial charge in [0.25, 0.3) is 5.91 Å². The van der Waals surface area contributed by atoms with E-state index in [9.17, 15) is 14.4 Å². The van der Waals surface area contributed by atoms with Crippen molar-refractivity contribution in [3.05, 3.63) is 35.4 Å². The highest BCUT2D eigenvalue weighted by molar-refractivity contribution is 5.96. The second-order valence-electron chi connectivity index (χ2n) is 5.15. The van der Waals surface area contributed by atoms with Gasteiger partial charge in [0.05, 0.1) is 0 Å². The second kappa shape index (κ2) is 6.39. The summed E-state index contributed by atoms with van der Waals surface area (Å²) in [6, 6.07) is 5.91. The van der Waals surface area contributed by atoms with Crippen LogP contribution >= 0.6 is 0 Å². The van der Waals surface area contributed by atoms with Crippen LogP contribution in [0.4, 0.5) is 0 Å². The molecule has 6 heteroatoms. The summed E-state index contributed by atoms with van der Waals surface area (Å²) in [6.45, 7) is 2.73. The van der Waals surface area contributed by atoms with E-state index in [0.717, 1.165) is 18.5 Å². The Morgan fingerprint density at radius 2 is 2.00 bits per heavy atom. The summed E-state index contributed by atoms with van der Waals surface area (Å²) in [7, 11) is 0. The zero-order valence-corrected chi connectivity index (χ0v) is 11.8. The number of nitrogens with one attached hydrogen (secondary N) is 1. The van der Waals surface area contributed by atoms with Gasteiger partial charge >= 0.3 is 5.97 Å². The van der Waals surface area contributed by atoms with Gasteiger partial charge in [-0.2, -0.15) is 0 Å². The summed E-state index contributed by atoms with van der Waals surface area (Å²) < 4.78 is 0. The first kappa shape index (κ1) is 15.0. The highest BCUT2D eigenvalue weighted by Crippen LogP contribution is 2.14. The summed E-state index contributed by atoms with van der Waals surface area (Å²) in [5.41, 5.74) is 1.35. The van der Waals surface area contributed by atoms with Crippen LogP contribution in [0.3, 0.4) is 0 Å². The zero-order chi connectivity index (χ0) is 15.4. The van der Waals surface area contributed by atoms with Gasteiger partial charge in [-0.15, -0.1) is 0 Å². The Morgan fingerprint density at radius 1 is 1.33 bits per heavy atom. The number of hydrogen-bond acceptors (Lipinski definition) is 3. The highest BCUT2D eigenvalue weighted by atomic mass is 16.4. The fourth-order valence-corrected chi connectivity index (χ4v) is 2.19. The number of carbonyl (C=O) groups excluding carboxylic acids is 2. The number of amides is 2. The molecule has 1 aliphatic rings. The monoisotopic (exact) mass is 290 g/mol. The number of aliphatic carboxylic acids is 1. The van der Waals surface area contributed by atoms with Gasteiger partial charge in [-0.25, -0.2) is 0 Å². The maximum absolute atomic E-state index is 11.8. The molecule has 1 aromatic carbocycles. The standard InChI is InChI=1S/C15H18N2O4/c1-10(15(20)21)16-14(19)12-6-4-11(5-7-12)9-17-8-2-3-13(17)18/h4-7,10H,2-3,8-9H2,1H3,(H,16,19)(H,20,21)/t10-/m1/s1. The normalized spacial score (nSPS) is 15.9. The lowest BCUT2D eigenvalue weighted by Crippen LogP contribution is -2.38. The Bertz CT molecular complexity index is 553. The Hall–Kier alpha value is -2.37. The number of carboxylic acid groups (broad SMARTS) is 1. The van der Waals surface area contributed by atoms with Crippen LogP contribution in [0.25, 0.3) is 0 Å². The fourth-order valence-electron chi connectivity index (χ4n) is 2.19.